The minimum Gasteiger partial charge on any atom is -0.390 e. The maximum Gasteiger partial charge on any atom is 0.255 e. The molecular formula is C17H15F3N2O4S. The van der Waals surface area contributed by atoms with Crippen LogP contribution in [0.1, 0.15) is 15.9 Å². The predicted molar refractivity (Wildman–Crippen MR) is 90.3 cm³/mol. The van der Waals surface area contributed by atoms with Gasteiger partial charge in [-0.05, 0) is 24.3 Å². The van der Waals surface area contributed by atoms with Crippen molar-refractivity contribution in [3.8, 4) is 0 Å². The first-order chi connectivity index (χ1) is 12.7. The average Bonchev–Trinajstić information content (AvgIpc) is 2.61. The Labute approximate surface area is 153 Å². The van der Waals surface area contributed by atoms with E-state index in [1.807, 2.05) is 0 Å². The van der Waals surface area contributed by atoms with E-state index in [9.17, 15) is 31.5 Å². The molecule has 1 aliphatic rings. The lowest BCUT2D eigenvalue weighted by Crippen LogP contribution is -2.53. The van der Waals surface area contributed by atoms with Crippen molar-refractivity contribution in [2.45, 2.75) is 17.7 Å². The molecule has 144 valence electrons. The number of halogens is 3. The fraction of sp³-hybridized carbons (Fsp3) is 0.235. The molecule has 1 amide bonds. The van der Waals surface area contributed by atoms with Crippen molar-refractivity contribution in [1.82, 2.24) is 4.31 Å². The van der Waals surface area contributed by atoms with E-state index in [2.05, 4.69) is 5.32 Å². The fourth-order valence-corrected chi connectivity index (χ4v) is 4.14. The molecule has 10 heteroatoms. The third kappa shape index (κ3) is 3.82. The second-order valence-corrected chi connectivity index (χ2v) is 7.96. The third-order valence-corrected chi connectivity index (χ3v) is 5.90. The summed E-state index contributed by atoms with van der Waals surface area (Å²) >= 11 is 0. The average molecular weight is 400 g/mol. The first-order valence-corrected chi connectivity index (χ1v) is 9.30. The first-order valence-electron chi connectivity index (χ1n) is 7.86. The maximum absolute atomic E-state index is 13.5. The van der Waals surface area contributed by atoms with E-state index in [4.69, 9.17) is 0 Å². The van der Waals surface area contributed by atoms with Crippen LogP contribution in [0.15, 0.2) is 41.3 Å². The van der Waals surface area contributed by atoms with Gasteiger partial charge in [0.05, 0.1) is 11.0 Å². The smallest absolute Gasteiger partial charge is 0.255 e. The normalized spacial score (nSPS) is 15.4. The number of amides is 1. The van der Waals surface area contributed by atoms with Gasteiger partial charge in [0.25, 0.3) is 5.91 Å². The number of β-amino-alcohol motifs (C(OH)–C–C–N with tert-alkyl or cyclic N) is 1. The molecule has 0 aromatic heterocycles. The monoisotopic (exact) mass is 400 g/mol. The highest BCUT2D eigenvalue weighted by molar-refractivity contribution is 7.89. The van der Waals surface area contributed by atoms with Crippen molar-refractivity contribution in [2.75, 3.05) is 18.4 Å². The Hall–Kier alpha value is -2.43. The van der Waals surface area contributed by atoms with Gasteiger partial charge < -0.3 is 10.4 Å². The molecule has 1 saturated heterocycles. The molecule has 0 atom stereocenters. The quantitative estimate of drug-likeness (QED) is 0.804. The molecule has 0 saturated carbocycles. The minimum absolute atomic E-state index is 0.0282. The molecule has 0 spiro atoms. The Morgan fingerprint density at radius 2 is 1.93 bits per heavy atom. The molecule has 27 heavy (non-hydrogen) atoms. The van der Waals surface area contributed by atoms with Gasteiger partial charge in [0.1, 0.15) is 6.67 Å². The molecular weight excluding hydrogens is 385 g/mol. The third-order valence-electron chi connectivity index (χ3n) is 4.07. The summed E-state index contributed by atoms with van der Waals surface area (Å²) in [6.07, 6.45) is -0.718. The van der Waals surface area contributed by atoms with Gasteiger partial charge in [-0.1, -0.05) is 6.07 Å². The molecule has 2 N–H and O–H groups in total. The van der Waals surface area contributed by atoms with Crippen LogP contribution in [0.25, 0.3) is 0 Å². The van der Waals surface area contributed by atoms with Crippen LogP contribution in [0.2, 0.25) is 0 Å². The van der Waals surface area contributed by atoms with Crippen LogP contribution < -0.4 is 5.32 Å². The van der Waals surface area contributed by atoms with Crippen LogP contribution in [0.4, 0.5) is 18.9 Å². The Bertz CT molecular complexity index is 992. The lowest BCUT2D eigenvalue weighted by molar-refractivity contribution is 0.0548. The zero-order valence-corrected chi connectivity index (χ0v) is 14.6. The molecule has 0 radical (unpaired) electrons. The number of sulfonamides is 1. The van der Waals surface area contributed by atoms with Crippen molar-refractivity contribution in [1.29, 1.82) is 0 Å². The van der Waals surface area contributed by atoms with Crippen molar-refractivity contribution in [3.63, 3.8) is 0 Å². The number of rotatable bonds is 5. The van der Waals surface area contributed by atoms with Crippen molar-refractivity contribution in [3.05, 3.63) is 59.2 Å². The highest BCUT2D eigenvalue weighted by Crippen LogP contribution is 2.24. The maximum atomic E-state index is 13.5. The zero-order chi connectivity index (χ0) is 19.8. The summed E-state index contributed by atoms with van der Waals surface area (Å²) in [6, 6.07) is 6.79. The number of hydrogen-bond donors (Lipinski definition) is 2. The largest absolute Gasteiger partial charge is 0.390 e. The van der Waals surface area contributed by atoms with E-state index in [-0.39, 0.29) is 29.2 Å². The number of nitrogens with zero attached hydrogens (tertiary/aromatic N) is 1. The molecule has 2 aromatic carbocycles. The second kappa shape index (κ2) is 7.29. The molecule has 1 aliphatic heterocycles. The van der Waals surface area contributed by atoms with Crippen LogP contribution in [0.3, 0.4) is 0 Å². The fourth-order valence-electron chi connectivity index (χ4n) is 2.58. The Balaban J connectivity index is 1.83. The van der Waals surface area contributed by atoms with E-state index < -0.39 is 45.9 Å². The van der Waals surface area contributed by atoms with Crippen LogP contribution in [0, 0.1) is 11.6 Å². The van der Waals surface area contributed by atoms with Crippen molar-refractivity contribution < 1.29 is 31.5 Å². The summed E-state index contributed by atoms with van der Waals surface area (Å²) in [6.45, 7) is -1.30. The molecule has 6 nitrogen and oxygen atoms in total. The number of carbonyl (C=O) groups is 1. The molecule has 1 fully saturated rings. The zero-order valence-electron chi connectivity index (χ0n) is 13.8. The van der Waals surface area contributed by atoms with E-state index >= 15 is 0 Å². The number of benzene rings is 2. The number of carbonyl (C=O) groups excluding carboxylic acids is 1. The molecule has 0 unspecified atom stereocenters. The van der Waals surface area contributed by atoms with Crippen LogP contribution in [0.5, 0.6) is 0 Å². The Morgan fingerprint density at radius 3 is 2.56 bits per heavy atom. The van der Waals surface area contributed by atoms with E-state index in [0.717, 1.165) is 16.4 Å². The van der Waals surface area contributed by atoms with Gasteiger partial charge in [-0.15, -0.1) is 0 Å². The number of anilines is 1. The van der Waals surface area contributed by atoms with Gasteiger partial charge in [0.2, 0.25) is 10.0 Å². The summed E-state index contributed by atoms with van der Waals surface area (Å²) < 4.78 is 65.4. The molecule has 0 aliphatic carbocycles. The lowest BCUT2D eigenvalue weighted by atomic mass is 10.1. The van der Waals surface area contributed by atoms with Gasteiger partial charge in [0.15, 0.2) is 11.6 Å². The highest BCUT2D eigenvalue weighted by atomic mass is 32.2. The Kier molecular flexibility index (Phi) is 5.22. The van der Waals surface area contributed by atoms with Crippen LogP contribution in [-0.4, -0.2) is 42.9 Å². The molecule has 3 rings (SSSR count). The summed E-state index contributed by atoms with van der Waals surface area (Å²) in [5, 5.41) is 11.5. The van der Waals surface area contributed by atoms with Gasteiger partial charge in [-0.3, -0.25) is 4.79 Å². The number of hydrogen-bond acceptors (Lipinski definition) is 4. The summed E-state index contributed by atoms with van der Waals surface area (Å²) in [4.78, 5) is 12.2. The highest BCUT2D eigenvalue weighted by Gasteiger charge is 2.35. The Morgan fingerprint density at radius 1 is 1.22 bits per heavy atom. The standard InChI is InChI=1S/C17H15F3N2O4S/c18-7-11-4-12(6-15(19)16(11)20)21-17(24)10-2-1-3-14(5-10)27(25,26)22-8-13(23)9-22/h1-6,13,23H,7-9H2,(H,21,24). The summed E-state index contributed by atoms with van der Waals surface area (Å²) in [5.41, 5.74) is -0.743. The van der Waals surface area contributed by atoms with E-state index in [0.29, 0.717) is 6.07 Å². The number of nitrogens with one attached hydrogen (secondary N) is 1. The first kappa shape index (κ1) is 19.3. The number of alkyl halides is 1. The van der Waals surface area contributed by atoms with Crippen LogP contribution >= 0.6 is 0 Å². The van der Waals surface area contributed by atoms with Gasteiger partial charge >= 0.3 is 0 Å². The predicted octanol–water partition coefficient (Wildman–Crippen LogP) is 2.05. The SMILES string of the molecule is O=C(Nc1cc(F)c(F)c(CF)c1)c1cccc(S(=O)(=O)N2CC(O)C2)c1. The van der Waals surface area contributed by atoms with E-state index in [1.165, 1.54) is 18.2 Å². The van der Waals surface area contributed by atoms with Gasteiger partial charge in [-0.25, -0.2) is 21.6 Å². The molecule has 1 heterocycles. The van der Waals surface area contributed by atoms with E-state index in [1.54, 1.807) is 0 Å². The van der Waals surface area contributed by atoms with Crippen molar-refractivity contribution >= 4 is 21.6 Å². The van der Waals surface area contributed by atoms with Crippen molar-refractivity contribution in [2.24, 2.45) is 0 Å². The van der Waals surface area contributed by atoms with Gasteiger partial charge in [-0.2, -0.15) is 4.31 Å². The minimum atomic E-state index is -3.85. The number of aliphatic hydroxyl groups is 1. The number of aliphatic hydroxyl groups excluding tert-OH is 1. The summed E-state index contributed by atoms with van der Waals surface area (Å²) in [7, 11) is -3.85. The second-order valence-electron chi connectivity index (χ2n) is 6.02. The topological polar surface area (TPSA) is 86.7 Å². The molecule has 2 aromatic rings. The summed E-state index contributed by atoms with van der Waals surface area (Å²) in [5.74, 6) is -3.42. The lowest BCUT2D eigenvalue weighted by Gasteiger charge is -2.34. The van der Waals surface area contributed by atoms with Gasteiger partial charge in [0, 0.05) is 36.0 Å². The molecule has 0 bridgehead atoms. The van der Waals surface area contributed by atoms with Crippen LogP contribution in [-0.2, 0) is 16.7 Å².